The third-order valence-corrected chi connectivity index (χ3v) is 1.77. The highest BCUT2D eigenvalue weighted by Crippen LogP contribution is 2.21. The van der Waals surface area contributed by atoms with E-state index >= 15 is 0 Å². The SMILES string of the molecule is NC1Nc2[nH]ccc2C(N)N1. The van der Waals surface area contributed by atoms with Crippen LogP contribution in [0.1, 0.15) is 11.7 Å². The van der Waals surface area contributed by atoms with Gasteiger partial charge in [0.25, 0.3) is 0 Å². The van der Waals surface area contributed by atoms with E-state index in [-0.39, 0.29) is 12.5 Å². The average Bonchev–Trinajstić information content (AvgIpc) is 2.34. The predicted octanol–water partition coefficient (Wildman–Crippen LogP) is -0.771. The lowest BCUT2D eigenvalue weighted by Gasteiger charge is -2.27. The molecule has 0 aliphatic carbocycles. The maximum absolute atomic E-state index is 5.73. The molecule has 1 aromatic heterocycles. The molecule has 0 amide bonds. The fraction of sp³-hybridized carbons (Fsp3) is 0.333. The largest absolute Gasteiger partial charge is 0.348 e. The maximum atomic E-state index is 5.73. The zero-order valence-electron chi connectivity index (χ0n) is 5.96. The molecule has 1 aromatic rings. The second-order valence-corrected chi connectivity index (χ2v) is 2.57. The molecule has 2 heterocycles. The number of hydrogen-bond donors (Lipinski definition) is 5. The van der Waals surface area contributed by atoms with Crippen molar-refractivity contribution < 1.29 is 0 Å². The second kappa shape index (κ2) is 2.23. The number of nitrogens with two attached hydrogens (primary N) is 2. The monoisotopic (exact) mass is 153 g/mol. The van der Waals surface area contributed by atoms with Crippen molar-refractivity contribution in [2.75, 3.05) is 5.32 Å². The summed E-state index contributed by atoms with van der Waals surface area (Å²) in [7, 11) is 0. The summed E-state index contributed by atoms with van der Waals surface area (Å²) in [6, 6.07) is 1.92. The van der Waals surface area contributed by atoms with Gasteiger partial charge in [0.1, 0.15) is 12.1 Å². The molecular formula is C6H11N5. The molecule has 2 atom stereocenters. The van der Waals surface area contributed by atoms with Gasteiger partial charge in [-0.2, -0.15) is 0 Å². The van der Waals surface area contributed by atoms with Crippen LogP contribution in [0.25, 0.3) is 0 Å². The highest BCUT2D eigenvalue weighted by Gasteiger charge is 2.20. The maximum Gasteiger partial charge on any atom is 0.132 e. The van der Waals surface area contributed by atoms with Crippen LogP contribution in [0.4, 0.5) is 5.82 Å². The summed E-state index contributed by atoms with van der Waals surface area (Å²) >= 11 is 0. The Labute approximate surface area is 64.1 Å². The van der Waals surface area contributed by atoms with E-state index in [4.69, 9.17) is 11.5 Å². The van der Waals surface area contributed by atoms with E-state index in [9.17, 15) is 0 Å². The van der Waals surface area contributed by atoms with Gasteiger partial charge in [0, 0.05) is 11.8 Å². The summed E-state index contributed by atoms with van der Waals surface area (Å²) < 4.78 is 0. The molecule has 1 aliphatic rings. The molecule has 0 radical (unpaired) electrons. The molecule has 2 rings (SSSR count). The summed E-state index contributed by atoms with van der Waals surface area (Å²) in [5.41, 5.74) is 12.3. The molecule has 0 aromatic carbocycles. The Morgan fingerprint density at radius 3 is 3.00 bits per heavy atom. The Balaban J connectivity index is 2.36. The topological polar surface area (TPSA) is 91.9 Å². The normalized spacial score (nSPS) is 29.3. The minimum absolute atomic E-state index is 0.174. The Morgan fingerprint density at radius 2 is 2.18 bits per heavy atom. The van der Waals surface area contributed by atoms with Crippen LogP contribution < -0.4 is 22.1 Å². The van der Waals surface area contributed by atoms with Gasteiger partial charge < -0.3 is 16.0 Å². The lowest BCUT2D eigenvalue weighted by Crippen LogP contribution is -2.51. The van der Waals surface area contributed by atoms with Crippen LogP contribution in [0.15, 0.2) is 12.3 Å². The number of aromatic amines is 1. The van der Waals surface area contributed by atoms with Crippen LogP contribution in [0.3, 0.4) is 0 Å². The van der Waals surface area contributed by atoms with Gasteiger partial charge in [-0.05, 0) is 6.07 Å². The molecule has 0 fully saturated rings. The summed E-state index contributed by atoms with van der Waals surface area (Å²) in [5.74, 6) is 0.906. The van der Waals surface area contributed by atoms with Crippen molar-refractivity contribution in [3.05, 3.63) is 17.8 Å². The first-order valence-corrected chi connectivity index (χ1v) is 3.48. The van der Waals surface area contributed by atoms with Gasteiger partial charge in [-0.1, -0.05) is 0 Å². The van der Waals surface area contributed by atoms with Crippen molar-refractivity contribution in [2.24, 2.45) is 11.5 Å². The van der Waals surface area contributed by atoms with Crippen molar-refractivity contribution in [1.29, 1.82) is 0 Å². The number of fused-ring (bicyclic) bond motifs is 1. The third-order valence-electron chi connectivity index (χ3n) is 1.77. The van der Waals surface area contributed by atoms with Crippen molar-refractivity contribution in [2.45, 2.75) is 12.5 Å². The van der Waals surface area contributed by atoms with Crippen LogP contribution in [0.5, 0.6) is 0 Å². The Morgan fingerprint density at radius 1 is 1.36 bits per heavy atom. The molecule has 1 aliphatic heterocycles. The van der Waals surface area contributed by atoms with Crippen molar-refractivity contribution in [3.8, 4) is 0 Å². The van der Waals surface area contributed by atoms with Crippen LogP contribution >= 0.6 is 0 Å². The number of aromatic nitrogens is 1. The first kappa shape index (κ1) is 6.66. The summed E-state index contributed by atoms with van der Waals surface area (Å²) in [6.45, 7) is 0. The fourth-order valence-corrected chi connectivity index (χ4v) is 1.25. The van der Waals surface area contributed by atoms with E-state index in [1.165, 1.54) is 0 Å². The predicted molar refractivity (Wildman–Crippen MR) is 42.5 cm³/mol. The minimum Gasteiger partial charge on any atom is -0.348 e. The van der Waals surface area contributed by atoms with Crippen molar-refractivity contribution in [3.63, 3.8) is 0 Å². The molecule has 5 heteroatoms. The number of H-pyrrole nitrogens is 1. The van der Waals surface area contributed by atoms with E-state index in [0.717, 1.165) is 11.4 Å². The highest BCUT2D eigenvalue weighted by atomic mass is 15.3. The molecule has 0 saturated carbocycles. The van der Waals surface area contributed by atoms with E-state index in [2.05, 4.69) is 15.6 Å². The van der Waals surface area contributed by atoms with Crippen molar-refractivity contribution >= 4 is 5.82 Å². The Kier molecular flexibility index (Phi) is 1.35. The number of rotatable bonds is 0. The molecule has 5 nitrogen and oxygen atoms in total. The van der Waals surface area contributed by atoms with Gasteiger partial charge in [-0.3, -0.25) is 11.1 Å². The van der Waals surface area contributed by atoms with Crippen LogP contribution in [0, 0.1) is 0 Å². The number of hydrogen-bond acceptors (Lipinski definition) is 4. The molecule has 7 N–H and O–H groups in total. The third kappa shape index (κ3) is 0.988. The lowest BCUT2D eigenvalue weighted by molar-refractivity contribution is 0.465. The van der Waals surface area contributed by atoms with Crippen LogP contribution in [-0.4, -0.2) is 11.3 Å². The fourth-order valence-electron chi connectivity index (χ4n) is 1.25. The molecule has 2 unspecified atom stereocenters. The highest BCUT2D eigenvalue weighted by molar-refractivity contribution is 5.48. The molecule has 0 saturated heterocycles. The summed E-state index contributed by atoms with van der Waals surface area (Å²) in [5, 5.41) is 5.95. The molecule has 60 valence electrons. The van der Waals surface area contributed by atoms with Gasteiger partial charge in [0.2, 0.25) is 0 Å². The lowest BCUT2D eigenvalue weighted by atomic mass is 10.2. The van der Waals surface area contributed by atoms with Gasteiger partial charge in [0.15, 0.2) is 0 Å². The van der Waals surface area contributed by atoms with E-state index < -0.39 is 0 Å². The van der Waals surface area contributed by atoms with Gasteiger partial charge in [-0.25, -0.2) is 0 Å². The van der Waals surface area contributed by atoms with E-state index in [1.54, 1.807) is 0 Å². The van der Waals surface area contributed by atoms with Crippen molar-refractivity contribution in [1.82, 2.24) is 10.3 Å². The first-order chi connectivity index (χ1) is 5.27. The summed E-state index contributed by atoms with van der Waals surface area (Å²) in [6.07, 6.45) is 1.39. The van der Waals surface area contributed by atoms with Crippen LogP contribution in [0.2, 0.25) is 0 Å². The Bertz CT molecular complexity index is 255. The van der Waals surface area contributed by atoms with E-state index in [0.29, 0.717) is 0 Å². The average molecular weight is 153 g/mol. The van der Waals surface area contributed by atoms with Gasteiger partial charge in [-0.15, -0.1) is 0 Å². The smallest absolute Gasteiger partial charge is 0.132 e. The van der Waals surface area contributed by atoms with Gasteiger partial charge >= 0.3 is 0 Å². The molecule has 11 heavy (non-hydrogen) atoms. The minimum atomic E-state index is -0.267. The summed E-state index contributed by atoms with van der Waals surface area (Å²) in [4.78, 5) is 3.01. The number of nitrogens with one attached hydrogen (secondary N) is 3. The molecular weight excluding hydrogens is 142 g/mol. The number of anilines is 1. The second-order valence-electron chi connectivity index (χ2n) is 2.57. The zero-order chi connectivity index (χ0) is 7.84. The van der Waals surface area contributed by atoms with E-state index in [1.807, 2.05) is 12.3 Å². The quantitative estimate of drug-likeness (QED) is 0.338. The molecule has 0 spiro atoms. The molecule has 0 bridgehead atoms. The Hall–Kier alpha value is -1.04. The van der Waals surface area contributed by atoms with Crippen LogP contribution in [-0.2, 0) is 0 Å². The first-order valence-electron chi connectivity index (χ1n) is 3.48. The standard InChI is InChI=1S/C6H11N5/c7-4-3-1-2-9-5(3)11-6(8)10-4/h1-2,4,6,9-11H,7-8H2. The van der Waals surface area contributed by atoms with Gasteiger partial charge in [0.05, 0.1) is 6.17 Å². The zero-order valence-corrected chi connectivity index (χ0v) is 5.96.